The summed E-state index contributed by atoms with van der Waals surface area (Å²) in [7, 11) is 0. The SMILES string of the molecule is Cc1cc(C)cc(C(C)(C)C=O)c1. The minimum Gasteiger partial charge on any atom is -0.302 e. The summed E-state index contributed by atoms with van der Waals surface area (Å²) in [6.45, 7) is 7.98. The average Bonchev–Trinajstić information content (AvgIpc) is 2.02. The molecule has 0 heterocycles. The summed E-state index contributed by atoms with van der Waals surface area (Å²) in [4.78, 5) is 10.8. The first-order valence-electron chi connectivity index (χ1n) is 4.51. The van der Waals surface area contributed by atoms with Crippen molar-refractivity contribution in [2.24, 2.45) is 0 Å². The Balaban J connectivity index is 3.22. The first-order chi connectivity index (χ1) is 5.95. The van der Waals surface area contributed by atoms with Gasteiger partial charge in [0.2, 0.25) is 0 Å². The number of aryl methyl sites for hydroxylation is 2. The second-order valence-electron chi connectivity index (χ2n) is 4.22. The van der Waals surface area contributed by atoms with Crippen LogP contribution in [0.3, 0.4) is 0 Å². The Hall–Kier alpha value is -1.11. The van der Waals surface area contributed by atoms with Gasteiger partial charge in [-0.25, -0.2) is 0 Å². The molecule has 1 nitrogen and oxygen atoms in total. The van der Waals surface area contributed by atoms with Crippen molar-refractivity contribution in [3.8, 4) is 0 Å². The van der Waals surface area contributed by atoms with Gasteiger partial charge in [0.25, 0.3) is 0 Å². The topological polar surface area (TPSA) is 17.1 Å². The highest BCUT2D eigenvalue weighted by Crippen LogP contribution is 2.22. The molecule has 0 aromatic heterocycles. The van der Waals surface area contributed by atoms with Crippen LogP contribution in [0.25, 0.3) is 0 Å². The molecule has 1 aromatic rings. The van der Waals surface area contributed by atoms with Crippen LogP contribution in [0.1, 0.15) is 30.5 Å². The van der Waals surface area contributed by atoms with Crippen LogP contribution >= 0.6 is 0 Å². The van der Waals surface area contributed by atoms with Gasteiger partial charge in [0, 0.05) is 5.41 Å². The zero-order chi connectivity index (χ0) is 10.1. The average molecular weight is 176 g/mol. The lowest BCUT2D eigenvalue weighted by molar-refractivity contribution is -0.111. The Morgan fingerprint density at radius 1 is 1.08 bits per heavy atom. The van der Waals surface area contributed by atoms with E-state index < -0.39 is 0 Å². The molecule has 0 N–H and O–H groups in total. The highest BCUT2D eigenvalue weighted by molar-refractivity contribution is 5.67. The first-order valence-corrected chi connectivity index (χ1v) is 4.51. The molecule has 0 spiro atoms. The van der Waals surface area contributed by atoms with E-state index in [4.69, 9.17) is 0 Å². The van der Waals surface area contributed by atoms with Gasteiger partial charge in [-0.15, -0.1) is 0 Å². The predicted molar refractivity (Wildman–Crippen MR) is 55.0 cm³/mol. The number of hydrogen-bond acceptors (Lipinski definition) is 1. The summed E-state index contributed by atoms with van der Waals surface area (Å²) in [5.41, 5.74) is 3.16. The third-order valence-corrected chi connectivity index (χ3v) is 2.26. The van der Waals surface area contributed by atoms with Crippen LogP contribution in [-0.2, 0) is 10.2 Å². The maximum absolute atomic E-state index is 10.8. The van der Waals surface area contributed by atoms with Gasteiger partial charge in [-0.05, 0) is 33.3 Å². The van der Waals surface area contributed by atoms with E-state index in [0.717, 1.165) is 11.8 Å². The van der Waals surface area contributed by atoms with Crippen LogP contribution in [-0.4, -0.2) is 6.29 Å². The Morgan fingerprint density at radius 3 is 1.92 bits per heavy atom. The van der Waals surface area contributed by atoms with Gasteiger partial charge < -0.3 is 4.79 Å². The third kappa shape index (κ3) is 2.18. The van der Waals surface area contributed by atoms with Gasteiger partial charge in [-0.2, -0.15) is 0 Å². The summed E-state index contributed by atoms with van der Waals surface area (Å²) in [6, 6.07) is 6.26. The van der Waals surface area contributed by atoms with Crippen LogP contribution < -0.4 is 0 Å². The molecule has 1 heteroatoms. The normalized spacial score (nSPS) is 11.4. The summed E-state index contributed by atoms with van der Waals surface area (Å²) in [5.74, 6) is 0. The van der Waals surface area contributed by atoms with Crippen molar-refractivity contribution in [2.75, 3.05) is 0 Å². The van der Waals surface area contributed by atoms with E-state index >= 15 is 0 Å². The summed E-state index contributed by atoms with van der Waals surface area (Å²) < 4.78 is 0. The maximum Gasteiger partial charge on any atom is 0.129 e. The number of carbonyl (C=O) groups excluding carboxylic acids is 1. The molecular weight excluding hydrogens is 160 g/mol. The zero-order valence-electron chi connectivity index (χ0n) is 8.72. The van der Waals surface area contributed by atoms with E-state index in [9.17, 15) is 4.79 Å². The highest BCUT2D eigenvalue weighted by atomic mass is 16.1. The van der Waals surface area contributed by atoms with Crippen molar-refractivity contribution in [2.45, 2.75) is 33.1 Å². The van der Waals surface area contributed by atoms with Gasteiger partial charge in [-0.1, -0.05) is 29.3 Å². The molecule has 0 saturated heterocycles. The summed E-state index contributed by atoms with van der Waals surface area (Å²) in [6.07, 6.45) is 1.00. The lowest BCUT2D eigenvalue weighted by Gasteiger charge is -2.18. The highest BCUT2D eigenvalue weighted by Gasteiger charge is 2.19. The van der Waals surface area contributed by atoms with Crippen LogP contribution in [0.5, 0.6) is 0 Å². The fourth-order valence-corrected chi connectivity index (χ4v) is 1.41. The van der Waals surface area contributed by atoms with Crippen molar-refractivity contribution in [3.63, 3.8) is 0 Å². The molecule has 1 rings (SSSR count). The molecule has 0 radical (unpaired) electrons. The second-order valence-corrected chi connectivity index (χ2v) is 4.22. The Morgan fingerprint density at radius 2 is 1.54 bits per heavy atom. The Bertz CT molecular complexity index is 304. The molecule has 0 aliphatic rings. The van der Waals surface area contributed by atoms with Crippen molar-refractivity contribution in [3.05, 3.63) is 34.9 Å². The van der Waals surface area contributed by atoms with Gasteiger partial charge in [0.1, 0.15) is 6.29 Å². The molecule has 70 valence electrons. The van der Waals surface area contributed by atoms with Crippen LogP contribution in [0.15, 0.2) is 18.2 Å². The van der Waals surface area contributed by atoms with Crippen molar-refractivity contribution >= 4 is 6.29 Å². The van der Waals surface area contributed by atoms with E-state index in [2.05, 4.69) is 32.0 Å². The fraction of sp³-hybridized carbons (Fsp3) is 0.417. The zero-order valence-corrected chi connectivity index (χ0v) is 8.72. The molecule has 0 unspecified atom stereocenters. The number of carbonyl (C=O) groups is 1. The molecular formula is C12H16O. The molecule has 0 amide bonds. The monoisotopic (exact) mass is 176 g/mol. The van der Waals surface area contributed by atoms with Gasteiger partial charge >= 0.3 is 0 Å². The molecule has 0 bridgehead atoms. The van der Waals surface area contributed by atoms with Gasteiger partial charge in [0.05, 0.1) is 0 Å². The van der Waals surface area contributed by atoms with E-state index in [1.165, 1.54) is 11.1 Å². The van der Waals surface area contributed by atoms with Gasteiger partial charge in [0.15, 0.2) is 0 Å². The number of rotatable bonds is 2. The maximum atomic E-state index is 10.8. The number of aldehydes is 1. The molecule has 0 aliphatic carbocycles. The Labute approximate surface area is 79.8 Å². The van der Waals surface area contributed by atoms with Crippen molar-refractivity contribution in [1.29, 1.82) is 0 Å². The lowest BCUT2D eigenvalue weighted by atomic mass is 9.85. The smallest absolute Gasteiger partial charge is 0.129 e. The third-order valence-electron chi connectivity index (χ3n) is 2.26. The van der Waals surface area contributed by atoms with E-state index in [1.54, 1.807) is 0 Å². The molecule has 0 saturated carbocycles. The number of benzene rings is 1. The van der Waals surface area contributed by atoms with E-state index in [1.807, 2.05) is 13.8 Å². The molecule has 0 aliphatic heterocycles. The van der Waals surface area contributed by atoms with Crippen molar-refractivity contribution in [1.82, 2.24) is 0 Å². The van der Waals surface area contributed by atoms with E-state index in [0.29, 0.717) is 0 Å². The van der Waals surface area contributed by atoms with Gasteiger partial charge in [-0.3, -0.25) is 0 Å². The minimum absolute atomic E-state index is 0.364. The standard InChI is InChI=1S/C12H16O/c1-9-5-10(2)7-11(6-9)12(3,4)8-13/h5-8H,1-4H3. The summed E-state index contributed by atoms with van der Waals surface area (Å²) in [5, 5.41) is 0. The fourth-order valence-electron chi connectivity index (χ4n) is 1.41. The quantitative estimate of drug-likeness (QED) is 0.633. The van der Waals surface area contributed by atoms with Crippen LogP contribution in [0.4, 0.5) is 0 Å². The van der Waals surface area contributed by atoms with Crippen LogP contribution in [0, 0.1) is 13.8 Å². The van der Waals surface area contributed by atoms with E-state index in [-0.39, 0.29) is 5.41 Å². The lowest BCUT2D eigenvalue weighted by Crippen LogP contribution is -2.18. The van der Waals surface area contributed by atoms with Crippen LogP contribution in [0.2, 0.25) is 0 Å². The predicted octanol–water partition coefficient (Wildman–Crippen LogP) is 2.78. The minimum atomic E-state index is -0.364. The molecule has 0 fully saturated rings. The largest absolute Gasteiger partial charge is 0.302 e. The molecule has 0 atom stereocenters. The number of hydrogen-bond donors (Lipinski definition) is 0. The molecule has 1 aromatic carbocycles. The first kappa shape index (κ1) is 9.97. The molecule has 13 heavy (non-hydrogen) atoms. The summed E-state index contributed by atoms with van der Waals surface area (Å²) >= 11 is 0. The second kappa shape index (κ2) is 3.33. The Kier molecular flexibility index (Phi) is 2.55. The van der Waals surface area contributed by atoms with Crippen molar-refractivity contribution < 1.29 is 4.79 Å².